The number of nitrogens with zero attached hydrogens (tertiary/aromatic N) is 2. The standard InChI is InChI=1S/C15H12N2O6/c1-22-11-8-10(16-19)12(13(17(20)21)15(11)23-2)14(18)9-6-4-3-5-7-9/h3-8H,1-2H3. The van der Waals surface area contributed by atoms with Gasteiger partial charge in [0.25, 0.3) is 0 Å². The summed E-state index contributed by atoms with van der Waals surface area (Å²) in [6.45, 7) is 0. The normalized spacial score (nSPS) is 10.0. The van der Waals surface area contributed by atoms with Gasteiger partial charge in [0.15, 0.2) is 5.75 Å². The SMILES string of the molecule is COc1cc(N=O)c(C(=O)c2ccccc2)c([N+](=O)[O-])c1OC. The summed E-state index contributed by atoms with van der Waals surface area (Å²) >= 11 is 0. The molecule has 8 nitrogen and oxygen atoms in total. The van der Waals surface area contributed by atoms with E-state index in [1.807, 2.05) is 0 Å². The first-order valence-electron chi connectivity index (χ1n) is 6.41. The minimum atomic E-state index is -0.799. The largest absolute Gasteiger partial charge is 0.493 e. The van der Waals surface area contributed by atoms with E-state index in [4.69, 9.17) is 9.47 Å². The Labute approximate surface area is 130 Å². The highest BCUT2D eigenvalue weighted by Crippen LogP contribution is 2.45. The lowest BCUT2D eigenvalue weighted by Gasteiger charge is -2.12. The lowest BCUT2D eigenvalue weighted by atomic mass is 9.99. The van der Waals surface area contributed by atoms with E-state index in [-0.39, 0.29) is 22.7 Å². The summed E-state index contributed by atoms with van der Waals surface area (Å²) in [4.78, 5) is 34.4. The molecule has 8 heteroatoms. The number of rotatable bonds is 6. The van der Waals surface area contributed by atoms with Crippen molar-refractivity contribution >= 4 is 17.2 Å². The molecule has 0 radical (unpaired) electrons. The molecule has 0 aromatic heterocycles. The first kappa shape index (κ1) is 16.1. The summed E-state index contributed by atoms with van der Waals surface area (Å²) < 4.78 is 9.96. The minimum absolute atomic E-state index is 0.0570. The van der Waals surface area contributed by atoms with Crippen LogP contribution in [0.15, 0.2) is 41.6 Å². The van der Waals surface area contributed by atoms with E-state index in [2.05, 4.69) is 5.18 Å². The number of nitro groups is 1. The average molecular weight is 316 g/mol. The number of nitro benzene ring substituents is 1. The molecule has 2 aromatic rings. The summed E-state index contributed by atoms with van der Waals surface area (Å²) in [7, 11) is 2.46. The predicted molar refractivity (Wildman–Crippen MR) is 81.5 cm³/mol. The fraction of sp³-hybridized carbons (Fsp3) is 0.133. The molecular weight excluding hydrogens is 304 g/mol. The first-order chi connectivity index (χ1) is 11.0. The van der Waals surface area contributed by atoms with Crippen molar-refractivity contribution in [2.75, 3.05) is 14.2 Å². The van der Waals surface area contributed by atoms with Gasteiger partial charge in [0.2, 0.25) is 11.5 Å². The Kier molecular flexibility index (Phi) is 4.65. The number of nitroso groups, excluding NO2 is 1. The summed E-state index contributed by atoms with van der Waals surface area (Å²) in [5.41, 5.74) is -1.29. The van der Waals surface area contributed by atoms with Crippen LogP contribution in [0.4, 0.5) is 11.4 Å². The Balaban J connectivity index is 2.82. The fourth-order valence-electron chi connectivity index (χ4n) is 2.17. The van der Waals surface area contributed by atoms with E-state index < -0.39 is 22.0 Å². The van der Waals surface area contributed by atoms with Crippen molar-refractivity contribution in [3.8, 4) is 11.5 Å². The summed E-state index contributed by atoms with van der Waals surface area (Å²) in [5.74, 6) is -1.00. The third kappa shape index (κ3) is 2.86. The van der Waals surface area contributed by atoms with Gasteiger partial charge in [-0.05, 0) is 5.18 Å². The van der Waals surface area contributed by atoms with E-state index in [0.29, 0.717) is 0 Å². The summed E-state index contributed by atoms with van der Waals surface area (Å²) in [6.07, 6.45) is 0. The lowest BCUT2D eigenvalue weighted by molar-refractivity contribution is -0.386. The second-order valence-corrected chi connectivity index (χ2v) is 4.40. The van der Waals surface area contributed by atoms with Crippen LogP contribution in [0, 0.1) is 15.0 Å². The van der Waals surface area contributed by atoms with Crippen LogP contribution in [0.1, 0.15) is 15.9 Å². The molecule has 0 atom stereocenters. The Hall–Kier alpha value is -3.29. The number of carbonyl (C=O) groups is 1. The van der Waals surface area contributed by atoms with Crippen LogP contribution < -0.4 is 9.47 Å². The molecule has 0 unspecified atom stereocenters. The molecule has 0 aliphatic heterocycles. The van der Waals surface area contributed by atoms with E-state index in [9.17, 15) is 19.8 Å². The maximum atomic E-state index is 12.6. The molecule has 0 fully saturated rings. The van der Waals surface area contributed by atoms with E-state index in [0.717, 1.165) is 6.07 Å². The molecule has 0 aliphatic carbocycles. The molecule has 0 bridgehead atoms. The van der Waals surface area contributed by atoms with Crippen LogP contribution in [0.5, 0.6) is 11.5 Å². The van der Waals surface area contributed by atoms with Crippen LogP contribution in [-0.4, -0.2) is 24.9 Å². The molecule has 0 N–H and O–H groups in total. The zero-order valence-corrected chi connectivity index (χ0v) is 12.3. The van der Waals surface area contributed by atoms with Gasteiger partial charge in [-0.1, -0.05) is 30.3 Å². The molecule has 0 spiro atoms. The third-order valence-corrected chi connectivity index (χ3v) is 3.17. The number of ether oxygens (including phenoxy) is 2. The van der Waals surface area contributed by atoms with Crippen molar-refractivity contribution in [1.29, 1.82) is 0 Å². The first-order valence-corrected chi connectivity index (χ1v) is 6.41. The Morgan fingerprint density at radius 2 is 1.83 bits per heavy atom. The number of ketones is 1. The molecule has 0 saturated carbocycles. The second-order valence-electron chi connectivity index (χ2n) is 4.40. The highest BCUT2D eigenvalue weighted by atomic mass is 16.6. The maximum Gasteiger partial charge on any atom is 0.328 e. The van der Waals surface area contributed by atoms with Gasteiger partial charge in [0, 0.05) is 11.6 Å². The van der Waals surface area contributed by atoms with Gasteiger partial charge in [0.1, 0.15) is 11.3 Å². The smallest absolute Gasteiger partial charge is 0.328 e. The van der Waals surface area contributed by atoms with Gasteiger partial charge in [-0.2, -0.15) is 0 Å². The number of methoxy groups -OCH3 is 2. The van der Waals surface area contributed by atoms with Gasteiger partial charge in [-0.15, -0.1) is 4.91 Å². The Morgan fingerprint density at radius 1 is 1.17 bits per heavy atom. The van der Waals surface area contributed by atoms with E-state index >= 15 is 0 Å². The zero-order valence-electron chi connectivity index (χ0n) is 12.3. The summed E-state index contributed by atoms with van der Waals surface area (Å²) in [6, 6.07) is 9.00. The van der Waals surface area contributed by atoms with Gasteiger partial charge < -0.3 is 9.47 Å². The van der Waals surface area contributed by atoms with Gasteiger partial charge in [0.05, 0.1) is 19.1 Å². The van der Waals surface area contributed by atoms with Gasteiger partial charge >= 0.3 is 5.69 Å². The number of hydrogen-bond acceptors (Lipinski definition) is 7. The van der Waals surface area contributed by atoms with Crippen LogP contribution in [0.25, 0.3) is 0 Å². The number of hydrogen-bond donors (Lipinski definition) is 0. The monoisotopic (exact) mass is 316 g/mol. The topological polar surface area (TPSA) is 108 Å². The molecule has 2 rings (SSSR count). The quantitative estimate of drug-likeness (QED) is 0.350. The second kappa shape index (κ2) is 6.65. The molecular formula is C15H12N2O6. The van der Waals surface area contributed by atoms with Crippen molar-refractivity contribution in [3.05, 3.63) is 62.5 Å². The zero-order chi connectivity index (χ0) is 17.0. The predicted octanol–water partition coefficient (Wildman–Crippen LogP) is 3.24. The maximum absolute atomic E-state index is 12.6. The van der Waals surface area contributed by atoms with Crippen molar-refractivity contribution in [3.63, 3.8) is 0 Å². The Morgan fingerprint density at radius 3 is 2.30 bits per heavy atom. The molecule has 0 amide bonds. The number of carbonyl (C=O) groups excluding carboxylic acids is 1. The van der Waals surface area contributed by atoms with Crippen molar-refractivity contribution in [2.45, 2.75) is 0 Å². The van der Waals surface area contributed by atoms with E-state index in [1.54, 1.807) is 18.2 Å². The van der Waals surface area contributed by atoms with Gasteiger partial charge in [-0.3, -0.25) is 14.9 Å². The molecule has 118 valence electrons. The molecule has 0 saturated heterocycles. The lowest BCUT2D eigenvalue weighted by Crippen LogP contribution is -2.08. The summed E-state index contributed by atoms with van der Waals surface area (Å²) in [5, 5.41) is 14.2. The van der Waals surface area contributed by atoms with E-state index in [1.165, 1.54) is 26.4 Å². The molecule has 0 heterocycles. The molecule has 23 heavy (non-hydrogen) atoms. The highest BCUT2D eigenvalue weighted by molar-refractivity contribution is 6.15. The average Bonchev–Trinajstić information content (AvgIpc) is 2.59. The molecule has 2 aromatic carbocycles. The molecule has 0 aliphatic rings. The fourth-order valence-corrected chi connectivity index (χ4v) is 2.17. The van der Waals surface area contributed by atoms with Crippen molar-refractivity contribution in [2.24, 2.45) is 5.18 Å². The minimum Gasteiger partial charge on any atom is -0.493 e. The third-order valence-electron chi connectivity index (χ3n) is 3.17. The Bertz CT molecular complexity index is 773. The van der Waals surface area contributed by atoms with Crippen molar-refractivity contribution in [1.82, 2.24) is 0 Å². The van der Waals surface area contributed by atoms with Crippen LogP contribution in [0.2, 0.25) is 0 Å². The van der Waals surface area contributed by atoms with Crippen molar-refractivity contribution < 1.29 is 19.2 Å². The highest BCUT2D eigenvalue weighted by Gasteiger charge is 2.33. The van der Waals surface area contributed by atoms with Gasteiger partial charge in [-0.25, -0.2) is 0 Å². The number of benzene rings is 2. The van der Waals surface area contributed by atoms with Crippen LogP contribution in [0.3, 0.4) is 0 Å². The van der Waals surface area contributed by atoms with Crippen LogP contribution in [-0.2, 0) is 0 Å². The van der Waals surface area contributed by atoms with Crippen LogP contribution >= 0.6 is 0 Å².